The van der Waals surface area contributed by atoms with Crippen molar-refractivity contribution in [2.75, 3.05) is 19.8 Å². The zero-order valence-electron chi connectivity index (χ0n) is 11.4. The van der Waals surface area contributed by atoms with Gasteiger partial charge in [-0.05, 0) is 27.2 Å². The molecule has 98 valence electrons. The van der Waals surface area contributed by atoms with E-state index in [4.69, 9.17) is 4.74 Å². The smallest absolute Gasteiger partial charge is 0.0900 e. The number of aryl methyl sites for hydroxylation is 2. The van der Waals surface area contributed by atoms with Crippen molar-refractivity contribution in [1.82, 2.24) is 10.3 Å². The van der Waals surface area contributed by atoms with Crippen LogP contribution in [0, 0.1) is 13.8 Å². The van der Waals surface area contributed by atoms with E-state index in [2.05, 4.69) is 38.0 Å². The van der Waals surface area contributed by atoms with Crippen LogP contribution in [0.15, 0.2) is 0 Å². The molecule has 0 radical (unpaired) electrons. The summed E-state index contributed by atoms with van der Waals surface area (Å²) < 4.78 is 5.52. The fourth-order valence-corrected chi connectivity index (χ4v) is 2.65. The lowest BCUT2D eigenvalue weighted by Gasteiger charge is -2.12. The number of unbranched alkanes of at least 4 members (excludes halogenated alkanes) is 1. The minimum absolute atomic E-state index is 0.315. The largest absolute Gasteiger partial charge is 0.380 e. The predicted molar refractivity (Wildman–Crippen MR) is 73.7 cm³/mol. The summed E-state index contributed by atoms with van der Waals surface area (Å²) in [5, 5.41) is 4.59. The Morgan fingerprint density at radius 2 is 2.12 bits per heavy atom. The maximum Gasteiger partial charge on any atom is 0.0900 e. The zero-order valence-corrected chi connectivity index (χ0v) is 12.2. The standard InChI is InChI=1S/C13H24N2OS/c1-5-6-8-16-9-7-14-10(2)13-11(3)17-12(4)15-13/h10,14H,5-9H2,1-4H3. The molecule has 0 saturated heterocycles. The lowest BCUT2D eigenvalue weighted by Crippen LogP contribution is -2.24. The molecular weight excluding hydrogens is 232 g/mol. The fourth-order valence-electron chi connectivity index (χ4n) is 1.74. The van der Waals surface area contributed by atoms with E-state index < -0.39 is 0 Å². The highest BCUT2D eigenvalue weighted by Crippen LogP contribution is 2.22. The highest BCUT2D eigenvalue weighted by atomic mass is 32.1. The van der Waals surface area contributed by atoms with Crippen LogP contribution in [0.5, 0.6) is 0 Å². The summed E-state index contributed by atoms with van der Waals surface area (Å²) in [6, 6.07) is 0.315. The fraction of sp³-hybridized carbons (Fsp3) is 0.769. The molecule has 17 heavy (non-hydrogen) atoms. The number of nitrogens with one attached hydrogen (secondary N) is 1. The lowest BCUT2D eigenvalue weighted by molar-refractivity contribution is 0.131. The highest BCUT2D eigenvalue weighted by Gasteiger charge is 2.11. The van der Waals surface area contributed by atoms with Crippen molar-refractivity contribution in [3.63, 3.8) is 0 Å². The third kappa shape index (κ3) is 5.15. The molecule has 0 saturated carbocycles. The average Bonchev–Trinajstić information content (AvgIpc) is 2.62. The van der Waals surface area contributed by atoms with Crippen LogP contribution in [-0.4, -0.2) is 24.7 Å². The van der Waals surface area contributed by atoms with Crippen molar-refractivity contribution in [2.24, 2.45) is 0 Å². The Bertz CT molecular complexity index is 325. The summed E-state index contributed by atoms with van der Waals surface area (Å²) >= 11 is 1.77. The molecule has 0 aliphatic carbocycles. The van der Waals surface area contributed by atoms with Gasteiger partial charge >= 0.3 is 0 Å². The molecule has 1 heterocycles. The highest BCUT2D eigenvalue weighted by molar-refractivity contribution is 7.11. The molecule has 0 fully saturated rings. The van der Waals surface area contributed by atoms with Gasteiger partial charge in [-0.25, -0.2) is 4.98 Å². The zero-order chi connectivity index (χ0) is 12.7. The van der Waals surface area contributed by atoms with E-state index in [0.29, 0.717) is 6.04 Å². The topological polar surface area (TPSA) is 34.1 Å². The van der Waals surface area contributed by atoms with E-state index >= 15 is 0 Å². The molecule has 0 aliphatic rings. The van der Waals surface area contributed by atoms with E-state index in [0.717, 1.165) is 31.2 Å². The van der Waals surface area contributed by atoms with Crippen LogP contribution in [-0.2, 0) is 4.74 Å². The molecule has 1 unspecified atom stereocenters. The second-order valence-electron chi connectivity index (χ2n) is 4.32. The van der Waals surface area contributed by atoms with Gasteiger partial charge in [0.15, 0.2) is 0 Å². The van der Waals surface area contributed by atoms with Gasteiger partial charge in [-0.15, -0.1) is 11.3 Å². The molecule has 0 aliphatic heterocycles. The monoisotopic (exact) mass is 256 g/mol. The van der Waals surface area contributed by atoms with Gasteiger partial charge < -0.3 is 10.1 Å². The van der Waals surface area contributed by atoms with Gasteiger partial charge in [0.1, 0.15) is 0 Å². The van der Waals surface area contributed by atoms with E-state index in [-0.39, 0.29) is 0 Å². The Hall–Kier alpha value is -0.450. The van der Waals surface area contributed by atoms with Crippen molar-refractivity contribution in [2.45, 2.75) is 46.6 Å². The number of aromatic nitrogens is 1. The van der Waals surface area contributed by atoms with Crippen LogP contribution < -0.4 is 5.32 Å². The van der Waals surface area contributed by atoms with Crippen LogP contribution >= 0.6 is 11.3 Å². The minimum Gasteiger partial charge on any atom is -0.380 e. The molecular formula is C13H24N2OS. The number of nitrogens with zero attached hydrogens (tertiary/aromatic N) is 1. The van der Waals surface area contributed by atoms with Gasteiger partial charge in [-0.3, -0.25) is 0 Å². The Balaban J connectivity index is 2.21. The van der Waals surface area contributed by atoms with Crippen molar-refractivity contribution in [3.05, 3.63) is 15.6 Å². The first-order valence-corrected chi connectivity index (χ1v) is 7.21. The van der Waals surface area contributed by atoms with Crippen molar-refractivity contribution in [3.8, 4) is 0 Å². The lowest BCUT2D eigenvalue weighted by atomic mass is 10.2. The SMILES string of the molecule is CCCCOCCNC(C)c1nc(C)sc1C. The summed E-state index contributed by atoms with van der Waals surface area (Å²) in [5.74, 6) is 0. The van der Waals surface area contributed by atoms with Crippen LogP contribution in [0.2, 0.25) is 0 Å². The maximum absolute atomic E-state index is 5.52. The first-order chi connectivity index (χ1) is 8.15. The van der Waals surface area contributed by atoms with Crippen LogP contribution in [0.1, 0.15) is 48.3 Å². The second kappa shape index (κ2) is 7.80. The predicted octanol–water partition coefficient (Wildman–Crippen LogP) is 3.23. The third-order valence-electron chi connectivity index (χ3n) is 2.69. The molecule has 0 bridgehead atoms. The Morgan fingerprint density at radius 1 is 1.35 bits per heavy atom. The Labute approximate surface area is 109 Å². The molecule has 0 aromatic carbocycles. The van der Waals surface area contributed by atoms with E-state index in [9.17, 15) is 0 Å². The summed E-state index contributed by atoms with van der Waals surface area (Å²) in [6.45, 7) is 11.1. The van der Waals surface area contributed by atoms with E-state index in [1.807, 2.05) is 0 Å². The average molecular weight is 256 g/mol. The van der Waals surface area contributed by atoms with E-state index in [1.165, 1.54) is 17.0 Å². The molecule has 1 aromatic heterocycles. The Morgan fingerprint density at radius 3 is 2.71 bits per heavy atom. The van der Waals surface area contributed by atoms with Crippen LogP contribution in [0.3, 0.4) is 0 Å². The Kier molecular flexibility index (Phi) is 6.70. The van der Waals surface area contributed by atoms with Gasteiger partial charge in [0.2, 0.25) is 0 Å². The first kappa shape index (κ1) is 14.6. The van der Waals surface area contributed by atoms with Gasteiger partial charge in [0.25, 0.3) is 0 Å². The number of rotatable bonds is 8. The molecule has 1 rings (SSSR count). The maximum atomic E-state index is 5.52. The van der Waals surface area contributed by atoms with Crippen molar-refractivity contribution < 1.29 is 4.74 Å². The van der Waals surface area contributed by atoms with Crippen molar-refractivity contribution >= 4 is 11.3 Å². The minimum atomic E-state index is 0.315. The molecule has 1 aromatic rings. The number of thiazole rings is 1. The summed E-state index contributed by atoms with van der Waals surface area (Å²) in [5.41, 5.74) is 1.18. The molecule has 4 heteroatoms. The van der Waals surface area contributed by atoms with Crippen molar-refractivity contribution in [1.29, 1.82) is 0 Å². The van der Waals surface area contributed by atoms with Crippen LogP contribution in [0.25, 0.3) is 0 Å². The molecule has 3 nitrogen and oxygen atoms in total. The number of hydrogen-bond donors (Lipinski definition) is 1. The summed E-state index contributed by atoms with van der Waals surface area (Å²) in [7, 11) is 0. The summed E-state index contributed by atoms with van der Waals surface area (Å²) in [6.07, 6.45) is 2.35. The molecule has 0 amide bonds. The number of hydrogen-bond acceptors (Lipinski definition) is 4. The van der Waals surface area contributed by atoms with Gasteiger partial charge in [-0.2, -0.15) is 0 Å². The second-order valence-corrected chi connectivity index (χ2v) is 5.72. The van der Waals surface area contributed by atoms with Crippen LogP contribution in [0.4, 0.5) is 0 Å². The normalized spacial score (nSPS) is 12.9. The first-order valence-electron chi connectivity index (χ1n) is 6.40. The van der Waals surface area contributed by atoms with Gasteiger partial charge in [0.05, 0.1) is 17.3 Å². The number of ether oxygens (including phenoxy) is 1. The quantitative estimate of drug-likeness (QED) is 0.725. The molecule has 1 N–H and O–H groups in total. The van der Waals surface area contributed by atoms with Gasteiger partial charge in [-0.1, -0.05) is 13.3 Å². The molecule has 1 atom stereocenters. The van der Waals surface area contributed by atoms with E-state index in [1.54, 1.807) is 11.3 Å². The third-order valence-corrected chi connectivity index (χ3v) is 3.59. The molecule has 0 spiro atoms. The van der Waals surface area contributed by atoms with Gasteiger partial charge in [0, 0.05) is 24.1 Å². The summed E-state index contributed by atoms with van der Waals surface area (Å²) in [4.78, 5) is 5.87.